The van der Waals surface area contributed by atoms with E-state index in [2.05, 4.69) is 6.92 Å². The van der Waals surface area contributed by atoms with Crippen molar-refractivity contribution in [3.63, 3.8) is 0 Å². The molecule has 0 aliphatic rings. The summed E-state index contributed by atoms with van der Waals surface area (Å²) in [6.07, 6.45) is 2.04. The van der Waals surface area contributed by atoms with Gasteiger partial charge >= 0.3 is 0 Å². The van der Waals surface area contributed by atoms with Gasteiger partial charge in [0.2, 0.25) is 0 Å². The highest BCUT2D eigenvalue weighted by Gasteiger charge is 2.15. The number of nitrogens with zero attached hydrogens (tertiary/aromatic N) is 1. The first-order valence-corrected chi connectivity index (χ1v) is 8.73. The van der Waals surface area contributed by atoms with Crippen molar-refractivity contribution in [1.82, 2.24) is 4.90 Å². The summed E-state index contributed by atoms with van der Waals surface area (Å²) in [6, 6.07) is 12.8. The molecular formula is C20H24ClNO3. The number of halogens is 1. The molecule has 0 aromatic heterocycles. The van der Waals surface area contributed by atoms with E-state index in [1.54, 1.807) is 37.3 Å². The van der Waals surface area contributed by atoms with Crippen LogP contribution in [0, 0.1) is 0 Å². The number of ether oxygens (including phenoxy) is 2. The van der Waals surface area contributed by atoms with Gasteiger partial charge < -0.3 is 14.4 Å². The molecule has 0 radical (unpaired) electrons. The average Bonchev–Trinajstić information content (AvgIpc) is 2.61. The normalized spacial score (nSPS) is 10.4. The second-order valence-corrected chi connectivity index (χ2v) is 6.30. The summed E-state index contributed by atoms with van der Waals surface area (Å²) in [6.45, 7) is 3.23. The van der Waals surface area contributed by atoms with Crippen molar-refractivity contribution in [2.45, 2.75) is 26.3 Å². The maximum Gasteiger partial charge on any atom is 0.254 e. The molecule has 0 aliphatic heterocycles. The fourth-order valence-corrected chi connectivity index (χ4v) is 2.66. The molecule has 2 aromatic carbocycles. The number of carbonyl (C=O) groups is 1. The minimum atomic E-state index is -0.0848. The molecule has 0 fully saturated rings. The van der Waals surface area contributed by atoms with Crippen LogP contribution in [0.5, 0.6) is 11.5 Å². The van der Waals surface area contributed by atoms with Crippen LogP contribution in [0.25, 0.3) is 0 Å². The molecule has 0 bridgehead atoms. The van der Waals surface area contributed by atoms with Crippen molar-refractivity contribution in [2.75, 3.05) is 20.8 Å². The van der Waals surface area contributed by atoms with Gasteiger partial charge in [-0.1, -0.05) is 37.1 Å². The molecule has 0 unspecified atom stereocenters. The van der Waals surface area contributed by atoms with Crippen LogP contribution in [0.3, 0.4) is 0 Å². The van der Waals surface area contributed by atoms with Crippen LogP contribution in [0.2, 0.25) is 5.02 Å². The molecule has 0 saturated heterocycles. The van der Waals surface area contributed by atoms with E-state index in [1.807, 2.05) is 24.3 Å². The molecule has 134 valence electrons. The third-order valence-corrected chi connectivity index (χ3v) is 4.06. The zero-order valence-corrected chi connectivity index (χ0v) is 15.7. The Hall–Kier alpha value is -2.20. The van der Waals surface area contributed by atoms with E-state index in [1.165, 1.54) is 0 Å². The predicted molar refractivity (Wildman–Crippen MR) is 101 cm³/mol. The molecule has 0 N–H and O–H groups in total. The number of unbranched alkanes of at least 4 members (excludes halogenated alkanes) is 1. The lowest BCUT2D eigenvalue weighted by Gasteiger charge is -2.18. The maximum absolute atomic E-state index is 12.7. The molecule has 0 heterocycles. The van der Waals surface area contributed by atoms with Crippen LogP contribution in [-0.4, -0.2) is 31.6 Å². The first kappa shape index (κ1) is 19.1. The molecule has 0 aliphatic carbocycles. The Morgan fingerprint density at radius 3 is 2.64 bits per heavy atom. The number of amides is 1. The van der Waals surface area contributed by atoms with Gasteiger partial charge in [-0.15, -0.1) is 0 Å². The summed E-state index contributed by atoms with van der Waals surface area (Å²) >= 11 is 6.00. The van der Waals surface area contributed by atoms with Crippen LogP contribution in [0.4, 0.5) is 0 Å². The van der Waals surface area contributed by atoms with Crippen molar-refractivity contribution >= 4 is 17.5 Å². The van der Waals surface area contributed by atoms with E-state index >= 15 is 0 Å². The van der Waals surface area contributed by atoms with E-state index in [9.17, 15) is 4.79 Å². The highest BCUT2D eigenvalue weighted by atomic mass is 35.5. The first-order chi connectivity index (χ1) is 12.0. The minimum Gasteiger partial charge on any atom is -0.493 e. The summed E-state index contributed by atoms with van der Waals surface area (Å²) in [5.74, 6) is 1.14. The molecule has 4 nitrogen and oxygen atoms in total. The van der Waals surface area contributed by atoms with Gasteiger partial charge in [0.05, 0.1) is 13.7 Å². The van der Waals surface area contributed by atoms with Crippen molar-refractivity contribution in [3.8, 4) is 11.5 Å². The summed E-state index contributed by atoms with van der Waals surface area (Å²) in [7, 11) is 3.34. The molecule has 2 aromatic rings. The molecular weight excluding hydrogens is 338 g/mol. The number of hydrogen-bond donors (Lipinski definition) is 0. The fourth-order valence-electron chi connectivity index (χ4n) is 2.45. The SMILES string of the molecule is CCCCOc1ccc(C(=O)N(C)Cc2cccc(Cl)c2)cc1OC. The van der Waals surface area contributed by atoms with Crippen LogP contribution >= 0.6 is 11.6 Å². The quantitative estimate of drug-likeness (QED) is 0.634. The third-order valence-electron chi connectivity index (χ3n) is 3.82. The van der Waals surface area contributed by atoms with Gasteiger partial charge in [0.1, 0.15) is 0 Å². The van der Waals surface area contributed by atoms with E-state index in [0.29, 0.717) is 35.2 Å². The zero-order chi connectivity index (χ0) is 18.2. The van der Waals surface area contributed by atoms with Gasteiger partial charge in [0.25, 0.3) is 5.91 Å². The zero-order valence-electron chi connectivity index (χ0n) is 14.9. The van der Waals surface area contributed by atoms with Gasteiger partial charge in [-0.3, -0.25) is 4.79 Å². The van der Waals surface area contributed by atoms with Gasteiger partial charge in [0.15, 0.2) is 11.5 Å². The number of hydrogen-bond acceptors (Lipinski definition) is 3. The monoisotopic (exact) mass is 361 g/mol. The Kier molecular flexibility index (Phi) is 7.14. The van der Waals surface area contributed by atoms with Crippen LogP contribution < -0.4 is 9.47 Å². The Balaban J connectivity index is 2.09. The Morgan fingerprint density at radius 2 is 1.96 bits per heavy atom. The lowest BCUT2D eigenvalue weighted by Crippen LogP contribution is -2.26. The lowest BCUT2D eigenvalue weighted by atomic mass is 10.1. The Bertz CT molecular complexity index is 718. The van der Waals surface area contributed by atoms with Gasteiger partial charge in [-0.05, 0) is 42.3 Å². The van der Waals surface area contributed by atoms with E-state index in [4.69, 9.17) is 21.1 Å². The second-order valence-electron chi connectivity index (χ2n) is 5.86. The predicted octanol–water partition coefficient (Wildman–Crippen LogP) is 4.80. The van der Waals surface area contributed by atoms with Crippen LogP contribution in [0.15, 0.2) is 42.5 Å². The number of carbonyl (C=O) groups excluding carboxylic acids is 1. The van der Waals surface area contributed by atoms with Gasteiger partial charge in [0, 0.05) is 24.2 Å². The fraction of sp³-hybridized carbons (Fsp3) is 0.350. The average molecular weight is 362 g/mol. The van der Waals surface area contributed by atoms with Gasteiger partial charge in [-0.25, -0.2) is 0 Å². The number of benzene rings is 2. The van der Waals surface area contributed by atoms with Crippen molar-refractivity contribution < 1.29 is 14.3 Å². The number of methoxy groups -OCH3 is 1. The maximum atomic E-state index is 12.7. The highest BCUT2D eigenvalue weighted by Crippen LogP contribution is 2.29. The van der Waals surface area contributed by atoms with Crippen LogP contribution in [-0.2, 0) is 6.54 Å². The second kappa shape index (κ2) is 9.33. The molecule has 0 spiro atoms. The molecule has 1 amide bonds. The summed E-state index contributed by atoms with van der Waals surface area (Å²) in [5, 5.41) is 0.661. The molecule has 0 atom stereocenters. The first-order valence-electron chi connectivity index (χ1n) is 8.36. The molecule has 2 rings (SSSR count). The lowest BCUT2D eigenvalue weighted by molar-refractivity contribution is 0.0784. The van der Waals surface area contributed by atoms with Crippen molar-refractivity contribution in [2.24, 2.45) is 0 Å². The summed E-state index contributed by atoms with van der Waals surface area (Å²) < 4.78 is 11.1. The number of rotatable bonds is 8. The Labute approximate surface area is 154 Å². The minimum absolute atomic E-state index is 0.0848. The topological polar surface area (TPSA) is 38.8 Å². The molecule has 25 heavy (non-hydrogen) atoms. The third kappa shape index (κ3) is 5.40. The van der Waals surface area contributed by atoms with Crippen molar-refractivity contribution in [3.05, 3.63) is 58.6 Å². The van der Waals surface area contributed by atoms with E-state index in [-0.39, 0.29) is 5.91 Å². The standard InChI is InChI=1S/C20H24ClNO3/c1-4-5-11-25-18-10-9-16(13-19(18)24-3)20(23)22(2)14-15-7-6-8-17(21)12-15/h6-10,12-13H,4-5,11,14H2,1-3H3. The summed E-state index contributed by atoms with van der Waals surface area (Å²) in [4.78, 5) is 14.3. The Morgan fingerprint density at radius 1 is 1.16 bits per heavy atom. The highest BCUT2D eigenvalue weighted by molar-refractivity contribution is 6.30. The van der Waals surface area contributed by atoms with Crippen molar-refractivity contribution in [1.29, 1.82) is 0 Å². The van der Waals surface area contributed by atoms with Gasteiger partial charge in [-0.2, -0.15) is 0 Å². The van der Waals surface area contributed by atoms with E-state index < -0.39 is 0 Å². The molecule has 5 heteroatoms. The largest absolute Gasteiger partial charge is 0.493 e. The van der Waals surface area contributed by atoms with Crippen LogP contribution in [0.1, 0.15) is 35.7 Å². The summed E-state index contributed by atoms with van der Waals surface area (Å²) in [5.41, 5.74) is 1.54. The molecule has 0 saturated carbocycles. The van der Waals surface area contributed by atoms with E-state index in [0.717, 1.165) is 18.4 Å². The smallest absolute Gasteiger partial charge is 0.254 e.